The molecular formula is C26H27F4NO2. The molecule has 0 radical (unpaired) electrons. The number of Topliss-reactive ketones (excluding diaryl/α,β-unsaturated/α-hetero) is 1. The summed E-state index contributed by atoms with van der Waals surface area (Å²) in [6.07, 6.45) is -2.33. The molecule has 0 saturated carbocycles. The summed E-state index contributed by atoms with van der Waals surface area (Å²) in [6, 6.07) is 15.3. The number of nitrogens with one attached hydrogen (secondary N) is 1. The first-order valence-corrected chi connectivity index (χ1v) is 11.0. The molecular weight excluding hydrogens is 434 g/mol. The van der Waals surface area contributed by atoms with Gasteiger partial charge in [-0.3, -0.25) is 4.79 Å². The average Bonchev–Trinajstić information content (AvgIpc) is 2.80. The van der Waals surface area contributed by atoms with Crippen LogP contribution in [-0.2, 0) is 6.18 Å². The fourth-order valence-electron chi connectivity index (χ4n) is 3.56. The van der Waals surface area contributed by atoms with Crippen LogP contribution in [0.1, 0.15) is 42.1 Å². The Morgan fingerprint density at radius 2 is 1.76 bits per heavy atom. The van der Waals surface area contributed by atoms with E-state index in [1.807, 2.05) is 12.1 Å². The normalized spacial score (nSPS) is 12.6. The van der Waals surface area contributed by atoms with Crippen molar-refractivity contribution in [2.45, 2.75) is 32.4 Å². The number of fused-ring (bicyclic) bond motifs is 1. The van der Waals surface area contributed by atoms with Crippen LogP contribution >= 0.6 is 0 Å². The number of halogens is 4. The smallest absolute Gasteiger partial charge is 0.416 e. The van der Waals surface area contributed by atoms with Crippen molar-refractivity contribution in [2.24, 2.45) is 5.92 Å². The van der Waals surface area contributed by atoms with E-state index in [0.29, 0.717) is 35.9 Å². The quantitative estimate of drug-likeness (QED) is 0.186. The van der Waals surface area contributed by atoms with E-state index < -0.39 is 11.7 Å². The number of carbonyl (C=O) groups is 1. The van der Waals surface area contributed by atoms with E-state index in [0.717, 1.165) is 42.3 Å². The topological polar surface area (TPSA) is 38.3 Å². The van der Waals surface area contributed by atoms with E-state index in [1.165, 1.54) is 12.1 Å². The Kier molecular flexibility index (Phi) is 8.44. The second-order valence-corrected chi connectivity index (χ2v) is 8.11. The lowest BCUT2D eigenvalue weighted by atomic mass is 9.96. The van der Waals surface area contributed by atoms with E-state index in [4.69, 9.17) is 4.74 Å². The predicted molar refractivity (Wildman–Crippen MR) is 122 cm³/mol. The molecule has 3 aromatic carbocycles. The molecule has 0 aliphatic rings. The third-order valence-electron chi connectivity index (χ3n) is 5.52. The van der Waals surface area contributed by atoms with E-state index in [-0.39, 0.29) is 12.5 Å². The molecule has 0 heterocycles. The Balaban J connectivity index is 1.65. The summed E-state index contributed by atoms with van der Waals surface area (Å²) in [6.45, 7) is 2.78. The molecule has 176 valence electrons. The molecule has 33 heavy (non-hydrogen) atoms. The van der Waals surface area contributed by atoms with Gasteiger partial charge >= 0.3 is 6.18 Å². The van der Waals surface area contributed by atoms with Crippen LogP contribution < -0.4 is 10.1 Å². The number of ether oxygens (including phenoxy) is 1. The molecule has 0 spiro atoms. The molecule has 1 N–H and O–H groups in total. The summed E-state index contributed by atoms with van der Waals surface area (Å²) >= 11 is 0. The highest BCUT2D eigenvalue weighted by molar-refractivity contribution is 6.01. The first-order valence-electron chi connectivity index (χ1n) is 11.0. The lowest BCUT2D eigenvalue weighted by molar-refractivity contribution is -0.137. The summed E-state index contributed by atoms with van der Waals surface area (Å²) in [5.74, 6) is 1.20. The first kappa shape index (κ1) is 24.7. The molecule has 0 amide bonds. The van der Waals surface area contributed by atoms with Crippen LogP contribution in [0, 0.1) is 5.92 Å². The zero-order valence-corrected chi connectivity index (χ0v) is 18.4. The number of ketones is 1. The second-order valence-electron chi connectivity index (χ2n) is 8.11. The summed E-state index contributed by atoms with van der Waals surface area (Å²) in [7, 11) is 0. The molecule has 3 rings (SSSR count). The highest BCUT2D eigenvalue weighted by atomic mass is 19.4. The van der Waals surface area contributed by atoms with Crippen LogP contribution in [0.4, 0.5) is 17.6 Å². The fraction of sp³-hybridized carbons (Fsp3) is 0.346. The van der Waals surface area contributed by atoms with Gasteiger partial charge in [0.1, 0.15) is 18.2 Å². The third-order valence-corrected chi connectivity index (χ3v) is 5.52. The van der Waals surface area contributed by atoms with Gasteiger partial charge in [0.05, 0.1) is 5.56 Å². The van der Waals surface area contributed by atoms with Gasteiger partial charge in [-0.2, -0.15) is 13.2 Å². The molecule has 3 aromatic rings. The van der Waals surface area contributed by atoms with Crippen LogP contribution in [0.2, 0.25) is 0 Å². The number of benzene rings is 3. The van der Waals surface area contributed by atoms with Gasteiger partial charge in [-0.1, -0.05) is 25.1 Å². The molecule has 0 unspecified atom stereocenters. The van der Waals surface area contributed by atoms with Crippen LogP contribution in [0.15, 0.2) is 60.7 Å². The SMILES string of the molecule is C[C@H](CCNCCF)CCC(=O)c1ccc2c(Oc3ccc(C(F)(F)F)cc3)cccc2c1. The summed E-state index contributed by atoms with van der Waals surface area (Å²) in [4.78, 5) is 12.7. The van der Waals surface area contributed by atoms with Crippen LogP contribution in [0.3, 0.4) is 0 Å². The highest BCUT2D eigenvalue weighted by Gasteiger charge is 2.30. The predicted octanol–water partition coefficient (Wildman–Crippen LogP) is 7.20. The van der Waals surface area contributed by atoms with Crippen molar-refractivity contribution in [3.63, 3.8) is 0 Å². The largest absolute Gasteiger partial charge is 0.457 e. The molecule has 0 aliphatic carbocycles. The summed E-state index contributed by atoms with van der Waals surface area (Å²) < 4.78 is 56.2. The fourth-order valence-corrected chi connectivity index (χ4v) is 3.56. The van der Waals surface area contributed by atoms with Crippen molar-refractivity contribution >= 4 is 16.6 Å². The van der Waals surface area contributed by atoms with Crippen molar-refractivity contribution in [1.82, 2.24) is 5.32 Å². The Morgan fingerprint density at radius 1 is 1.00 bits per heavy atom. The van der Waals surface area contributed by atoms with Crippen molar-refractivity contribution in [1.29, 1.82) is 0 Å². The van der Waals surface area contributed by atoms with Crippen LogP contribution in [0.5, 0.6) is 11.5 Å². The van der Waals surface area contributed by atoms with Gasteiger partial charge in [0.2, 0.25) is 0 Å². The Hall–Kier alpha value is -2.93. The van der Waals surface area contributed by atoms with Gasteiger partial charge in [-0.25, -0.2) is 4.39 Å². The zero-order valence-electron chi connectivity index (χ0n) is 18.4. The maximum Gasteiger partial charge on any atom is 0.416 e. The number of alkyl halides is 4. The lowest BCUT2D eigenvalue weighted by Crippen LogP contribution is -2.20. The number of carbonyl (C=O) groups excluding carboxylic acids is 1. The van der Waals surface area contributed by atoms with Gasteiger partial charge in [0.15, 0.2) is 5.78 Å². The van der Waals surface area contributed by atoms with Gasteiger partial charge < -0.3 is 10.1 Å². The van der Waals surface area contributed by atoms with Crippen molar-refractivity contribution in [3.8, 4) is 11.5 Å². The molecule has 1 atom stereocenters. The maximum atomic E-state index is 12.8. The van der Waals surface area contributed by atoms with Crippen molar-refractivity contribution < 1.29 is 27.1 Å². The Morgan fingerprint density at radius 3 is 2.45 bits per heavy atom. The van der Waals surface area contributed by atoms with Gasteiger partial charge in [0, 0.05) is 23.9 Å². The van der Waals surface area contributed by atoms with Crippen molar-refractivity contribution in [3.05, 3.63) is 71.8 Å². The van der Waals surface area contributed by atoms with E-state index in [2.05, 4.69) is 12.2 Å². The zero-order chi connectivity index (χ0) is 23.8. The minimum Gasteiger partial charge on any atom is -0.457 e. The molecule has 0 fully saturated rings. The second kappa shape index (κ2) is 11.3. The minimum absolute atomic E-state index is 0.0505. The molecule has 7 heteroatoms. The highest BCUT2D eigenvalue weighted by Crippen LogP contribution is 2.34. The Labute approximate surface area is 190 Å². The van der Waals surface area contributed by atoms with Crippen LogP contribution in [-0.4, -0.2) is 25.5 Å². The van der Waals surface area contributed by atoms with Gasteiger partial charge in [0.25, 0.3) is 0 Å². The minimum atomic E-state index is -4.40. The van der Waals surface area contributed by atoms with E-state index in [1.54, 1.807) is 24.3 Å². The molecule has 0 aliphatic heterocycles. The van der Waals surface area contributed by atoms with Gasteiger partial charge in [-0.15, -0.1) is 0 Å². The number of rotatable bonds is 11. The Bertz CT molecular complexity index is 1060. The summed E-state index contributed by atoms with van der Waals surface area (Å²) in [5.41, 5.74) is -0.127. The van der Waals surface area contributed by atoms with Gasteiger partial charge in [-0.05, 0) is 73.2 Å². The van der Waals surface area contributed by atoms with Crippen LogP contribution in [0.25, 0.3) is 10.8 Å². The molecule has 0 saturated heterocycles. The van der Waals surface area contributed by atoms with Crippen molar-refractivity contribution in [2.75, 3.05) is 19.8 Å². The average molecular weight is 461 g/mol. The van der Waals surface area contributed by atoms with E-state index in [9.17, 15) is 22.4 Å². The molecule has 3 nitrogen and oxygen atoms in total. The standard InChI is InChI=1S/C26H27F4NO2/c1-18(13-15-31-16-14-27)5-12-24(32)20-6-11-23-19(17-20)3-2-4-25(23)33-22-9-7-21(8-10-22)26(28,29)30/h2-4,6-11,17-18,31H,5,12-16H2,1H3/t18-/m0/s1. The monoisotopic (exact) mass is 461 g/mol. The number of hydrogen-bond donors (Lipinski definition) is 1. The van der Waals surface area contributed by atoms with E-state index >= 15 is 0 Å². The summed E-state index contributed by atoms with van der Waals surface area (Å²) in [5, 5.41) is 4.59. The molecule has 0 aromatic heterocycles. The first-order chi connectivity index (χ1) is 15.8. The maximum absolute atomic E-state index is 12.8. The number of hydrogen-bond acceptors (Lipinski definition) is 3. The molecule has 0 bridgehead atoms. The lowest BCUT2D eigenvalue weighted by Gasteiger charge is -2.12. The third kappa shape index (κ3) is 7.02.